The van der Waals surface area contributed by atoms with Gasteiger partial charge in [-0.3, -0.25) is 19.5 Å². The molecule has 2 heterocycles. The molecule has 0 aliphatic carbocycles. The number of hydrogen-bond acceptors (Lipinski definition) is 7. The lowest BCUT2D eigenvalue weighted by Crippen LogP contribution is -2.22. The van der Waals surface area contributed by atoms with Crippen molar-refractivity contribution in [2.75, 3.05) is 6.61 Å². The Labute approximate surface area is 147 Å². The number of para-hydroxylation sites is 1. The van der Waals surface area contributed by atoms with Gasteiger partial charge in [0.1, 0.15) is 23.0 Å². The number of esters is 1. The molecule has 2 aromatic heterocycles. The molecule has 0 radical (unpaired) electrons. The second-order valence-corrected chi connectivity index (χ2v) is 5.50. The zero-order valence-electron chi connectivity index (χ0n) is 14.1. The van der Waals surface area contributed by atoms with Gasteiger partial charge in [0.05, 0.1) is 18.1 Å². The monoisotopic (exact) mass is 357 g/mol. The van der Waals surface area contributed by atoms with Crippen molar-refractivity contribution < 1.29 is 18.9 Å². The van der Waals surface area contributed by atoms with Gasteiger partial charge in [0, 0.05) is 11.6 Å². The lowest BCUT2D eigenvalue weighted by Gasteiger charge is -2.06. The molecular formula is C17H15N3O6. The van der Waals surface area contributed by atoms with E-state index in [0.717, 1.165) is 0 Å². The van der Waals surface area contributed by atoms with Gasteiger partial charge in [0.2, 0.25) is 5.71 Å². The fourth-order valence-corrected chi connectivity index (χ4v) is 2.71. The molecule has 0 unspecified atom stereocenters. The van der Waals surface area contributed by atoms with Crippen molar-refractivity contribution in [3.05, 3.63) is 67.9 Å². The van der Waals surface area contributed by atoms with Crippen LogP contribution in [0.1, 0.15) is 28.6 Å². The van der Waals surface area contributed by atoms with Crippen molar-refractivity contribution >= 4 is 22.8 Å². The molecule has 0 aliphatic rings. The molecule has 26 heavy (non-hydrogen) atoms. The number of fused-ring (bicyclic) bond motifs is 1. The Morgan fingerprint density at radius 3 is 2.81 bits per heavy atom. The molecule has 134 valence electrons. The summed E-state index contributed by atoms with van der Waals surface area (Å²) in [5, 5.41) is 11.2. The fraction of sp³-hybridized carbons (Fsp3) is 0.235. The highest BCUT2D eigenvalue weighted by Gasteiger charge is 2.24. The Hall–Kier alpha value is -3.49. The summed E-state index contributed by atoms with van der Waals surface area (Å²) in [5.74, 6) is -0.447. The smallest absolute Gasteiger partial charge is 0.342 e. The Balaban J connectivity index is 2.14. The topological polar surface area (TPSA) is 117 Å². The van der Waals surface area contributed by atoms with Crippen LogP contribution in [0, 0.1) is 17.0 Å². The highest BCUT2D eigenvalue weighted by Crippen LogP contribution is 2.23. The number of aromatic nitrogens is 2. The summed E-state index contributed by atoms with van der Waals surface area (Å²) < 4.78 is 11.6. The van der Waals surface area contributed by atoms with Crippen LogP contribution in [0.3, 0.4) is 0 Å². The van der Waals surface area contributed by atoms with Crippen molar-refractivity contribution in [3.8, 4) is 0 Å². The zero-order valence-corrected chi connectivity index (χ0v) is 14.1. The van der Waals surface area contributed by atoms with Gasteiger partial charge in [-0.25, -0.2) is 9.78 Å². The molecule has 3 aromatic rings. The number of furan rings is 1. The Kier molecular flexibility index (Phi) is 4.53. The van der Waals surface area contributed by atoms with E-state index in [-0.39, 0.29) is 41.3 Å². The SMILES string of the molecule is CCOC(=O)c1c(C)oc2ncn(Cc3ccccc3[N+](=O)[O-])c(=O)c12. The van der Waals surface area contributed by atoms with E-state index in [2.05, 4.69) is 4.98 Å². The van der Waals surface area contributed by atoms with Crippen LogP contribution in [0.5, 0.6) is 0 Å². The number of ether oxygens (including phenoxy) is 1. The van der Waals surface area contributed by atoms with Crippen LogP contribution in [-0.4, -0.2) is 27.1 Å². The first-order chi connectivity index (χ1) is 12.4. The van der Waals surface area contributed by atoms with Crippen LogP contribution in [0.2, 0.25) is 0 Å². The zero-order chi connectivity index (χ0) is 18.8. The van der Waals surface area contributed by atoms with Gasteiger partial charge in [-0.05, 0) is 13.8 Å². The Morgan fingerprint density at radius 1 is 1.38 bits per heavy atom. The summed E-state index contributed by atoms with van der Waals surface area (Å²) in [6.07, 6.45) is 1.24. The maximum atomic E-state index is 12.8. The van der Waals surface area contributed by atoms with E-state index in [1.54, 1.807) is 32.0 Å². The van der Waals surface area contributed by atoms with Crippen LogP contribution in [0.25, 0.3) is 11.1 Å². The summed E-state index contributed by atoms with van der Waals surface area (Å²) in [6.45, 7) is 3.28. The molecule has 0 fully saturated rings. The van der Waals surface area contributed by atoms with Crippen molar-refractivity contribution in [1.29, 1.82) is 0 Å². The number of nitro groups is 1. The fourth-order valence-electron chi connectivity index (χ4n) is 2.71. The molecule has 0 amide bonds. The first kappa shape index (κ1) is 17.3. The molecule has 1 aromatic carbocycles. The number of hydrogen-bond donors (Lipinski definition) is 0. The standard InChI is InChI=1S/C17H15N3O6/c1-3-25-17(22)13-10(2)26-15-14(13)16(21)19(9-18-15)8-11-6-4-5-7-12(11)20(23)24/h4-7,9H,3,8H2,1-2H3. The summed E-state index contributed by atoms with van der Waals surface area (Å²) in [4.78, 5) is 39.7. The number of rotatable bonds is 5. The van der Waals surface area contributed by atoms with Crippen molar-refractivity contribution in [3.63, 3.8) is 0 Å². The first-order valence-electron chi connectivity index (χ1n) is 7.82. The van der Waals surface area contributed by atoms with Crippen LogP contribution in [0.4, 0.5) is 5.69 Å². The average molecular weight is 357 g/mol. The van der Waals surface area contributed by atoms with Gasteiger partial charge in [-0.2, -0.15) is 0 Å². The maximum Gasteiger partial charge on any atom is 0.342 e. The molecule has 0 atom stereocenters. The summed E-state index contributed by atoms with van der Waals surface area (Å²) >= 11 is 0. The van der Waals surface area contributed by atoms with E-state index in [1.807, 2.05) is 0 Å². The Bertz CT molecular complexity index is 1070. The van der Waals surface area contributed by atoms with Crippen LogP contribution < -0.4 is 5.56 Å². The van der Waals surface area contributed by atoms with Gasteiger partial charge < -0.3 is 9.15 Å². The lowest BCUT2D eigenvalue weighted by molar-refractivity contribution is -0.385. The number of nitrogens with zero attached hydrogens (tertiary/aromatic N) is 3. The number of benzene rings is 1. The van der Waals surface area contributed by atoms with Gasteiger partial charge in [-0.15, -0.1) is 0 Å². The third-order valence-corrected chi connectivity index (χ3v) is 3.86. The number of carbonyl (C=O) groups is 1. The van der Waals surface area contributed by atoms with Crippen LogP contribution >= 0.6 is 0 Å². The molecule has 3 rings (SSSR count). The largest absolute Gasteiger partial charge is 0.462 e. The minimum Gasteiger partial charge on any atom is -0.462 e. The van der Waals surface area contributed by atoms with Crippen molar-refractivity contribution in [1.82, 2.24) is 9.55 Å². The van der Waals surface area contributed by atoms with Gasteiger partial charge >= 0.3 is 5.97 Å². The lowest BCUT2D eigenvalue weighted by atomic mass is 10.1. The van der Waals surface area contributed by atoms with Crippen molar-refractivity contribution in [2.24, 2.45) is 0 Å². The molecule has 9 nitrogen and oxygen atoms in total. The van der Waals surface area contributed by atoms with Gasteiger partial charge in [0.25, 0.3) is 11.2 Å². The minimum absolute atomic E-state index is 0.00188. The van der Waals surface area contributed by atoms with Gasteiger partial charge in [0.15, 0.2) is 0 Å². The van der Waals surface area contributed by atoms with E-state index in [4.69, 9.17) is 9.15 Å². The first-order valence-corrected chi connectivity index (χ1v) is 7.82. The second kappa shape index (κ2) is 6.79. The Morgan fingerprint density at radius 2 is 2.12 bits per heavy atom. The number of nitro benzene ring substituents is 1. The van der Waals surface area contributed by atoms with Gasteiger partial charge in [-0.1, -0.05) is 18.2 Å². The van der Waals surface area contributed by atoms with E-state index in [0.29, 0.717) is 5.56 Å². The molecule has 0 saturated heterocycles. The highest BCUT2D eigenvalue weighted by molar-refractivity contribution is 6.03. The molecule has 0 spiro atoms. The predicted molar refractivity (Wildman–Crippen MR) is 91.2 cm³/mol. The minimum atomic E-state index is -0.675. The predicted octanol–water partition coefficient (Wildman–Crippen LogP) is 2.43. The highest BCUT2D eigenvalue weighted by atomic mass is 16.6. The molecule has 0 aliphatic heterocycles. The molecule has 0 saturated carbocycles. The maximum absolute atomic E-state index is 12.8. The molecule has 0 N–H and O–H groups in total. The molecule has 0 bridgehead atoms. The van der Waals surface area contributed by atoms with E-state index in [1.165, 1.54) is 17.0 Å². The number of aryl methyl sites for hydroxylation is 1. The molecular weight excluding hydrogens is 342 g/mol. The molecule has 9 heteroatoms. The third kappa shape index (κ3) is 2.94. The summed E-state index contributed by atoms with van der Waals surface area (Å²) in [6, 6.07) is 6.11. The third-order valence-electron chi connectivity index (χ3n) is 3.86. The number of carbonyl (C=O) groups excluding carboxylic acids is 1. The van der Waals surface area contributed by atoms with Crippen LogP contribution in [0.15, 0.2) is 39.8 Å². The van der Waals surface area contributed by atoms with E-state index >= 15 is 0 Å². The summed E-state index contributed by atoms with van der Waals surface area (Å²) in [5.41, 5.74) is -0.245. The van der Waals surface area contributed by atoms with E-state index in [9.17, 15) is 19.7 Å². The average Bonchev–Trinajstić information content (AvgIpc) is 2.95. The van der Waals surface area contributed by atoms with Crippen molar-refractivity contribution in [2.45, 2.75) is 20.4 Å². The van der Waals surface area contributed by atoms with E-state index < -0.39 is 16.5 Å². The second-order valence-electron chi connectivity index (χ2n) is 5.50. The normalized spacial score (nSPS) is 10.8. The summed E-state index contributed by atoms with van der Waals surface area (Å²) in [7, 11) is 0. The van der Waals surface area contributed by atoms with Crippen LogP contribution in [-0.2, 0) is 11.3 Å². The quantitative estimate of drug-likeness (QED) is 0.391.